The molecular formula is C6H6N2S. The second kappa shape index (κ2) is 2.16. The lowest BCUT2D eigenvalue weighted by molar-refractivity contribution is 1.27. The first-order valence-electron chi connectivity index (χ1n) is 2.58. The Morgan fingerprint density at radius 2 is 2.22 bits per heavy atom. The van der Waals surface area contributed by atoms with Crippen molar-refractivity contribution in [1.29, 1.82) is 5.26 Å². The summed E-state index contributed by atoms with van der Waals surface area (Å²) in [5.74, 6) is 0. The number of nitrogens with zero attached hydrogens (tertiary/aromatic N) is 2. The third-order valence-electron chi connectivity index (χ3n) is 1.26. The maximum Gasteiger partial charge on any atom is 0.128 e. The molecule has 9 heavy (non-hydrogen) atoms. The van der Waals surface area contributed by atoms with Crippen molar-refractivity contribution in [1.82, 2.24) is 4.37 Å². The van der Waals surface area contributed by atoms with Crippen LogP contribution in [0.25, 0.3) is 0 Å². The fourth-order valence-electron chi connectivity index (χ4n) is 0.520. The van der Waals surface area contributed by atoms with Gasteiger partial charge in [-0.15, -0.1) is 0 Å². The first-order valence-corrected chi connectivity index (χ1v) is 3.36. The predicted molar refractivity (Wildman–Crippen MR) is 36.3 cm³/mol. The highest BCUT2D eigenvalue weighted by molar-refractivity contribution is 7.06. The minimum Gasteiger partial charge on any atom is -0.196 e. The molecule has 0 saturated carbocycles. The van der Waals surface area contributed by atoms with Gasteiger partial charge >= 0.3 is 0 Å². The molecule has 3 heteroatoms. The molecule has 0 saturated heterocycles. The van der Waals surface area contributed by atoms with Gasteiger partial charge in [-0.3, -0.25) is 0 Å². The lowest BCUT2D eigenvalue weighted by Crippen LogP contribution is -1.74. The molecule has 1 aromatic heterocycles. The second-order valence-corrected chi connectivity index (χ2v) is 2.61. The van der Waals surface area contributed by atoms with Gasteiger partial charge in [-0.25, -0.2) is 0 Å². The molecule has 1 aromatic rings. The number of rotatable bonds is 0. The Labute approximate surface area is 57.9 Å². The second-order valence-electron chi connectivity index (χ2n) is 1.83. The number of nitriles is 1. The van der Waals surface area contributed by atoms with E-state index in [-0.39, 0.29) is 0 Å². The summed E-state index contributed by atoms with van der Waals surface area (Å²) in [5.41, 5.74) is 1.99. The zero-order valence-corrected chi connectivity index (χ0v) is 6.12. The molecule has 0 atom stereocenters. The van der Waals surface area contributed by atoms with Crippen LogP contribution in [0, 0.1) is 25.2 Å². The highest BCUT2D eigenvalue weighted by Gasteiger charge is 2.02. The lowest BCUT2D eigenvalue weighted by atomic mass is 10.2. The number of aryl methyl sites for hydroxylation is 1. The van der Waals surface area contributed by atoms with Crippen LogP contribution < -0.4 is 0 Å². The van der Waals surface area contributed by atoms with Crippen molar-refractivity contribution in [3.63, 3.8) is 0 Å². The minimum atomic E-state index is 0.729. The Morgan fingerprint density at radius 3 is 2.44 bits per heavy atom. The summed E-state index contributed by atoms with van der Waals surface area (Å²) in [5, 5.41) is 8.45. The average Bonchev–Trinajstić information content (AvgIpc) is 2.15. The van der Waals surface area contributed by atoms with E-state index in [1.54, 1.807) is 0 Å². The number of aromatic nitrogens is 1. The van der Waals surface area contributed by atoms with E-state index < -0.39 is 0 Å². The van der Waals surface area contributed by atoms with Crippen molar-refractivity contribution < 1.29 is 0 Å². The van der Waals surface area contributed by atoms with Gasteiger partial charge in [0.1, 0.15) is 10.9 Å². The Hall–Kier alpha value is -0.880. The normalized spacial score (nSPS) is 9.00. The molecule has 0 spiro atoms. The molecular weight excluding hydrogens is 132 g/mol. The van der Waals surface area contributed by atoms with Crippen LogP contribution in [0.5, 0.6) is 0 Å². The third kappa shape index (κ3) is 0.936. The summed E-state index contributed by atoms with van der Waals surface area (Å²) >= 11 is 1.27. The molecule has 0 N–H and O–H groups in total. The molecule has 46 valence electrons. The molecule has 1 rings (SSSR count). The Balaban J connectivity index is 3.24. The zero-order valence-electron chi connectivity index (χ0n) is 5.30. The van der Waals surface area contributed by atoms with Crippen LogP contribution >= 0.6 is 11.5 Å². The van der Waals surface area contributed by atoms with Gasteiger partial charge in [-0.2, -0.15) is 9.64 Å². The van der Waals surface area contributed by atoms with E-state index in [4.69, 9.17) is 5.26 Å². The molecule has 0 unspecified atom stereocenters. The fraction of sp³-hybridized carbons (Fsp3) is 0.333. The first-order chi connectivity index (χ1) is 4.25. The molecule has 2 nitrogen and oxygen atoms in total. The molecule has 0 aliphatic heterocycles. The first kappa shape index (κ1) is 6.24. The Morgan fingerprint density at radius 1 is 1.56 bits per heavy atom. The van der Waals surface area contributed by atoms with Crippen LogP contribution in [0.2, 0.25) is 0 Å². The molecule has 0 fully saturated rings. The van der Waals surface area contributed by atoms with E-state index in [0.29, 0.717) is 0 Å². The van der Waals surface area contributed by atoms with E-state index in [1.165, 1.54) is 11.5 Å². The minimum absolute atomic E-state index is 0.729. The largest absolute Gasteiger partial charge is 0.196 e. The Kier molecular flexibility index (Phi) is 1.50. The SMILES string of the molecule is Cc1nsc(C#N)c1C. The molecule has 0 radical (unpaired) electrons. The van der Waals surface area contributed by atoms with Gasteiger partial charge in [0.05, 0.1) is 5.69 Å². The van der Waals surface area contributed by atoms with E-state index in [2.05, 4.69) is 10.4 Å². The van der Waals surface area contributed by atoms with Crippen molar-refractivity contribution in [3.8, 4) is 6.07 Å². The van der Waals surface area contributed by atoms with Crippen LogP contribution in [0.3, 0.4) is 0 Å². The van der Waals surface area contributed by atoms with Gasteiger partial charge in [0, 0.05) is 5.56 Å². The quantitative estimate of drug-likeness (QED) is 0.546. The van der Waals surface area contributed by atoms with Crippen LogP contribution in [0.1, 0.15) is 16.1 Å². The highest BCUT2D eigenvalue weighted by atomic mass is 32.1. The average molecular weight is 138 g/mol. The van der Waals surface area contributed by atoms with Gasteiger partial charge in [0.2, 0.25) is 0 Å². The summed E-state index contributed by atoms with van der Waals surface area (Å²) in [6, 6.07) is 2.07. The van der Waals surface area contributed by atoms with Gasteiger partial charge < -0.3 is 0 Å². The summed E-state index contributed by atoms with van der Waals surface area (Å²) < 4.78 is 4.01. The molecule has 0 aliphatic carbocycles. The van der Waals surface area contributed by atoms with Crippen molar-refractivity contribution in [3.05, 3.63) is 16.1 Å². The standard InChI is InChI=1S/C6H6N2S/c1-4-5(2)8-9-6(4)3-7/h1-2H3. The molecule has 1 heterocycles. The van der Waals surface area contributed by atoms with E-state index in [1.807, 2.05) is 13.8 Å². The smallest absolute Gasteiger partial charge is 0.128 e. The van der Waals surface area contributed by atoms with E-state index in [9.17, 15) is 0 Å². The fourth-order valence-corrected chi connectivity index (χ4v) is 1.21. The zero-order chi connectivity index (χ0) is 6.85. The number of hydrogen-bond donors (Lipinski definition) is 0. The summed E-state index contributed by atoms with van der Waals surface area (Å²) in [6.45, 7) is 3.82. The van der Waals surface area contributed by atoms with Crippen molar-refractivity contribution in [2.75, 3.05) is 0 Å². The molecule has 0 aromatic carbocycles. The monoisotopic (exact) mass is 138 g/mol. The van der Waals surface area contributed by atoms with Crippen molar-refractivity contribution in [2.24, 2.45) is 0 Å². The van der Waals surface area contributed by atoms with Crippen LogP contribution in [-0.2, 0) is 0 Å². The summed E-state index contributed by atoms with van der Waals surface area (Å²) in [4.78, 5) is 0.729. The molecule has 0 bridgehead atoms. The van der Waals surface area contributed by atoms with Crippen LogP contribution in [-0.4, -0.2) is 4.37 Å². The van der Waals surface area contributed by atoms with Crippen molar-refractivity contribution >= 4 is 11.5 Å². The molecule has 0 amide bonds. The van der Waals surface area contributed by atoms with Crippen molar-refractivity contribution in [2.45, 2.75) is 13.8 Å². The lowest BCUT2D eigenvalue weighted by Gasteiger charge is -1.81. The topological polar surface area (TPSA) is 36.7 Å². The summed E-state index contributed by atoms with van der Waals surface area (Å²) in [7, 11) is 0. The number of hydrogen-bond acceptors (Lipinski definition) is 3. The molecule has 0 aliphatic rings. The van der Waals surface area contributed by atoms with Gasteiger partial charge in [0.25, 0.3) is 0 Å². The maximum absolute atomic E-state index is 8.45. The maximum atomic E-state index is 8.45. The van der Waals surface area contributed by atoms with Crippen LogP contribution in [0.15, 0.2) is 0 Å². The Bertz CT molecular complexity index is 257. The highest BCUT2D eigenvalue weighted by Crippen LogP contribution is 2.14. The van der Waals surface area contributed by atoms with Crippen LogP contribution in [0.4, 0.5) is 0 Å². The van der Waals surface area contributed by atoms with E-state index >= 15 is 0 Å². The third-order valence-corrected chi connectivity index (χ3v) is 2.20. The predicted octanol–water partition coefficient (Wildman–Crippen LogP) is 1.63. The van der Waals surface area contributed by atoms with E-state index in [0.717, 1.165) is 16.1 Å². The van der Waals surface area contributed by atoms with Gasteiger partial charge in [0.15, 0.2) is 0 Å². The van der Waals surface area contributed by atoms with Gasteiger partial charge in [-0.05, 0) is 25.4 Å². The summed E-state index contributed by atoms with van der Waals surface area (Å²) in [6.07, 6.45) is 0. The van der Waals surface area contributed by atoms with Gasteiger partial charge in [-0.1, -0.05) is 0 Å².